The average molecular weight is 264 g/mol. The minimum absolute atomic E-state index is 0.0533. The lowest BCUT2D eigenvalue weighted by molar-refractivity contribution is -0.137. The Bertz CT molecular complexity index is 475. The van der Waals surface area contributed by atoms with Crippen LogP contribution in [0.25, 0.3) is 0 Å². The number of carboxylic acids is 1. The second-order valence-corrected chi connectivity index (χ2v) is 5.50. The third kappa shape index (κ3) is 3.36. The Morgan fingerprint density at radius 3 is 2.68 bits per heavy atom. The fourth-order valence-corrected chi connectivity index (χ4v) is 2.22. The Morgan fingerprint density at radius 1 is 1.47 bits per heavy atom. The van der Waals surface area contributed by atoms with Gasteiger partial charge in [-0.15, -0.1) is 0 Å². The molecule has 1 saturated carbocycles. The first kappa shape index (κ1) is 13.6. The Labute approximate surface area is 112 Å². The monoisotopic (exact) mass is 264 g/mol. The summed E-state index contributed by atoms with van der Waals surface area (Å²) in [4.78, 5) is 25.2. The smallest absolute Gasteiger partial charge is 0.323 e. The molecule has 0 radical (unpaired) electrons. The van der Waals surface area contributed by atoms with Crippen LogP contribution in [0.4, 0.5) is 0 Å². The van der Waals surface area contributed by atoms with Gasteiger partial charge in [-0.1, -0.05) is 13.8 Å². The molecule has 0 saturated heterocycles. The SMILES string of the molecule is CC(C)CN(C(=O)c1cccn1CC(=O)O)C1CC1. The summed E-state index contributed by atoms with van der Waals surface area (Å²) in [5.74, 6) is -0.582. The van der Waals surface area contributed by atoms with Crippen LogP contribution in [-0.2, 0) is 11.3 Å². The summed E-state index contributed by atoms with van der Waals surface area (Å²) < 4.78 is 1.50. The highest BCUT2D eigenvalue weighted by Gasteiger charge is 2.34. The second kappa shape index (κ2) is 5.47. The van der Waals surface area contributed by atoms with Crippen LogP contribution in [-0.4, -0.2) is 39.0 Å². The zero-order chi connectivity index (χ0) is 14.0. The number of hydrogen-bond donors (Lipinski definition) is 1. The van der Waals surface area contributed by atoms with Gasteiger partial charge in [0.15, 0.2) is 0 Å². The second-order valence-electron chi connectivity index (χ2n) is 5.50. The minimum atomic E-state index is -0.938. The molecule has 1 aromatic rings. The normalized spacial score (nSPS) is 14.7. The Hall–Kier alpha value is -1.78. The van der Waals surface area contributed by atoms with Crippen molar-refractivity contribution in [2.75, 3.05) is 6.54 Å². The lowest BCUT2D eigenvalue weighted by Crippen LogP contribution is -2.37. The van der Waals surface area contributed by atoms with Gasteiger partial charge in [0.25, 0.3) is 5.91 Å². The van der Waals surface area contributed by atoms with Crippen molar-refractivity contribution in [3.8, 4) is 0 Å². The number of rotatable bonds is 6. The number of carbonyl (C=O) groups is 2. The third-order valence-electron chi connectivity index (χ3n) is 3.16. The predicted octanol–water partition coefficient (Wildman–Crippen LogP) is 1.83. The quantitative estimate of drug-likeness (QED) is 0.852. The van der Waals surface area contributed by atoms with Crippen molar-refractivity contribution >= 4 is 11.9 Å². The molecule has 1 heterocycles. The Kier molecular flexibility index (Phi) is 3.93. The zero-order valence-corrected chi connectivity index (χ0v) is 11.4. The molecule has 2 rings (SSSR count). The maximum Gasteiger partial charge on any atom is 0.323 e. The summed E-state index contributed by atoms with van der Waals surface area (Å²) in [5.41, 5.74) is 0.468. The van der Waals surface area contributed by atoms with Crippen LogP contribution in [0.15, 0.2) is 18.3 Å². The molecular formula is C14H20N2O3. The molecule has 1 aliphatic carbocycles. The number of aromatic nitrogens is 1. The maximum atomic E-state index is 12.5. The van der Waals surface area contributed by atoms with Gasteiger partial charge in [0.1, 0.15) is 12.2 Å². The lowest BCUT2D eigenvalue weighted by atomic mass is 10.2. The number of nitrogens with zero attached hydrogens (tertiary/aromatic N) is 2. The van der Waals surface area contributed by atoms with E-state index in [0.29, 0.717) is 17.7 Å². The summed E-state index contributed by atoms with van der Waals surface area (Å²) in [6, 6.07) is 3.75. The van der Waals surface area contributed by atoms with Gasteiger partial charge in [-0.05, 0) is 30.9 Å². The van der Waals surface area contributed by atoms with E-state index in [1.54, 1.807) is 18.3 Å². The van der Waals surface area contributed by atoms with Crippen molar-refractivity contribution in [2.45, 2.75) is 39.3 Å². The summed E-state index contributed by atoms with van der Waals surface area (Å²) in [6.07, 6.45) is 3.75. The molecule has 5 heteroatoms. The zero-order valence-electron chi connectivity index (χ0n) is 11.4. The van der Waals surface area contributed by atoms with Crippen molar-refractivity contribution in [2.24, 2.45) is 5.92 Å². The molecule has 1 fully saturated rings. The van der Waals surface area contributed by atoms with E-state index in [4.69, 9.17) is 5.11 Å². The highest BCUT2D eigenvalue weighted by atomic mass is 16.4. The van der Waals surface area contributed by atoms with E-state index >= 15 is 0 Å². The lowest BCUT2D eigenvalue weighted by Gasteiger charge is -2.24. The van der Waals surface area contributed by atoms with E-state index in [1.807, 2.05) is 4.90 Å². The molecular weight excluding hydrogens is 244 g/mol. The summed E-state index contributed by atoms with van der Waals surface area (Å²) in [7, 11) is 0. The molecule has 0 atom stereocenters. The predicted molar refractivity (Wildman–Crippen MR) is 71.0 cm³/mol. The van der Waals surface area contributed by atoms with Crippen LogP contribution < -0.4 is 0 Å². The van der Waals surface area contributed by atoms with Crippen molar-refractivity contribution in [3.05, 3.63) is 24.0 Å². The first-order valence-corrected chi connectivity index (χ1v) is 6.67. The van der Waals surface area contributed by atoms with E-state index in [-0.39, 0.29) is 12.5 Å². The van der Waals surface area contributed by atoms with Gasteiger partial charge in [-0.3, -0.25) is 9.59 Å². The molecule has 0 spiro atoms. The molecule has 104 valence electrons. The van der Waals surface area contributed by atoms with E-state index in [1.165, 1.54) is 4.57 Å². The topological polar surface area (TPSA) is 62.5 Å². The van der Waals surface area contributed by atoms with Crippen molar-refractivity contribution in [3.63, 3.8) is 0 Å². The molecule has 0 bridgehead atoms. The van der Waals surface area contributed by atoms with Gasteiger partial charge in [0.05, 0.1) is 0 Å². The molecule has 0 unspecified atom stereocenters. The van der Waals surface area contributed by atoms with E-state index in [0.717, 1.165) is 19.4 Å². The highest BCUT2D eigenvalue weighted by molar-refractivity contribution is 5.93. The number of carboxylic acid groups (broad SMARTS) is 1. The molecule has 0 aliphatic heterocycles. The van der Waals surface area contributed by atoms with Crippen molar-refractivity contribution in [1.82, 2.24) is 9.47 Å². The molecule has 19 heavy (non-hydrogen) atoms. The van der Waals surface area contributed by atoms with Crippen LogP contribution in [0.5, 0.6) is 0 Å². The number of hydrogen-bond acceptors (Lipinski definition) is 2. The molecule has 1 amide bonds. The van der Waals surface area contributed by atoms with E-state index < -0.39 is 5.97 Å². The number of aliphatic carboxylic acids is 1. The van der Waals surface area contributed by atoms with Crippen LogP contribution in [0.3, 0.4) is 0 Å². The summed E-state index contributed by atoms with van der Waals surface area (Å²) in [6.45, 7) is 4.72. The first-order chi connectivity index (χ1) is 8.99. The molecule has 0 aromatic carbocycles. The van der Waals surface area contributed by atoms with Crippen molar-refractivity contribution in [1.29, 1.82) is 0 Å². The minimum Gasteiger partial charge on any atom is -0.480 e. The number of amides is 1. The third-order valence-corrected chi connectivity index (χ3v) is 3.16. The van der Waals surface area contributed by atoms with Gasteiger partial charge >= 0.3 is 5.97 Å². The summed E-state index contributed by atoms with van der Waals surface area (Å²) >= 11 is 0. The molecule has 1 N–H and O–H groups in total. The average Bonchev–Trinajstić information content (AvgIpc) is 3.05. The standard InChI is InChI=1S/C14H20N2O3/c1-10(2)8-16(11-5-6-11)14(19)12-4-3-7-15(12)9-13(17)18/h3-4,7,10-11H,5-6,8-9H2,1-2H3,(H,17,18). The summed E-state index contributed by atoms with van der Waals surface area (Å²) in [5, 5.41) is 8.85. The van der Waals surface area contributed by atoms with Crippen molar-refractivity contribution < 1.29 is 14.7 Å². The van der Waals surface area contributed by atoms with Crippen LogP contribution in [0.1, 0.15) is 37.2 Å². The first-order valence-electron chi connectivity index (χ1n) is 6.67. The Balaban J connectivity index is 2.17. The highest BCUT2D eigenvalue weighted by Crippen LogP contribution is 2.29. The fraction of sp³-hybridized carbons (Fsp3) is 0.571. The van der Waals surface area contributed by atoms with Gasteiger partial charge in [-0.25, -0.2) is 0 Å². The Morgan fingerprint density at radius 2 is 2.16 bits per heavy atom. The molecule has 1 aromatic heterocycles. The van der Waals surface area contributed by atoms with Gasteiger partial charge in [0, 0.05) is 18.8 Å². The maximum absolute atomic E-state index is 12.5. The van der Waals surface area contributed by atoms with E-state index in [2.05, 4.69) is 13.8 Å². The largest absolute Gasteiger partial charge is 0.480 e. The fourth-order valence-electron chi connectivity index (χ4n) is 2.22. The number of carbonyl (C=O) groups excluding carboxylic acids is 1. The van der Waals surface area contributed by atoms with E-state index in [9.17, 15) is 9.59 Å². The van der Waals surface area contributed by atoms with Gasteiger partial charge in [-0.2, -0.15) is 0 Å². The van der Waals surface area contributed by atoms with Crippen LogP contribution in [0, 0.1) is 5.92 Å². The van der Waals surface area contributed by atoms with Crippen LogP contribution >= 0.6 is 0 Å². The van der Waals surface area contributed by atoms with Crippen LogP contribution in [0.2, 0.25) is 0 Å². The molecule has 1 aliphatic rings. The molecule has 5 nitrogen and oxygen atoms in total. The van der Waals surface area contributed by atoms with Gasteiger partial charge in [0.2, 0.25) is 0 Å². The van der Waals surface area contributed by atoms with Gasteiger partial charge < -0.3 is 14.6 Å².